The normalized spacial score (nSPS) is 16.9. The van der Waals surface area contributed by atoms with Crippen LogP contribution in [0, 0.1) is 0 Å². The molecule has 6 heteroatoms. The Kier molecular flexibility index (Phi) is 6.86. The summed E-state index contributed by atoms with van der Waals surface area (Å²) in [5.74, 6) is -0.321. The van der Waals surface area contributed by atoms with E-state index in [1.165, 1.54) is 0 Å². The standard InChI is InChI=1S/C22H28N2O3S/c1-2-21(18-10-6-5-7-11-18)22(25)23-19-12-14-20(15-13-19)28(26,27)24-16-8-3-4-9-17-24/h5-7,10-15,21H,2-4,8-9,16-17H2,1H3,(H,23,25). The van der Waals surface area contributed by atoms with Crippen molar-refractivity contribution in [3.8, 4) is 0 Å². The lowest BCUT2D eigenvalue weighted by Crippen LogP contribution is -2.31. The smallest absolute Gasteiger partial charge is 0.243 e. The molecule has 150 valence electrons. The number of amides is 1. The average Bonchev–Trinajstić information content (AvgIpc) is 3.00. The van der Waals surface area contributed by atoms with Crippen LogP contribution in [0.5, 0.6) is 0 Å². The molecule has 0 bridgehead atoms. The van der Waals surface area contributed by atoms with E-state index < -0.39 is 10.0 Å². The summed E-state index contributed by atoms with van der Waals surface area (Å²) in [4.78, 5) is 13.0. The monoisotopic (exact) mass is 400 g/mol. The summed E-state index contributed by atoms with van der Waals surface area (Å²) in [6.07, 6.45) is 4.67. The molecule has 3 rings (SSSR count). The van der Waals surface area contributed by atoms with Gasteiger partial charge >= 0.3 is 0 Å². The van der Waals surface area contributed by atoms with E-state index in [1.54, 1.807) is 28.6 Å². The molecule has 0 saturated carbocycles. The minimum atomic E-state index is -3.47. The molecule has 1 amide bonds. The predicted octanol–water partition coefficient (Wildman–Crippen LogP) is 4.38. The van der Waals surface area contributed by atoms with Gasteiger partial charge in [0, 0.05) is 18.8 Å². The van der Waals surface area contributed by atoms with Gasteiger partial charge < -0.3 is 5.32 Å². The minimum absolute atomic E-state index is 0.0863. The van der Waals surface area contributed by atoms with Gasteiger partial charge in [-0.3, -0.25) is 4.79 Å². The van der Waals surface area contributed by atoms with Crippen molar-refractivity contribution in [2.45, 2.75) is 49.8 Å². The molecule has 2 aromatic rings. The second-order valence-corrected chi connectivity index (χ2v) is 9.14. The van der Waals surface area contributed by atoms with Crippen LogP contribution in [0.3, 0.4) is 0 Å². The van der Waals surface area contributed by atoms with Crippen molar-refractivity contribution in [2.24, 2.45) is 0 Å². The second-order valence-electron chi connectivity index (χ2n) is 7.20. The summed E-state index contributed by atoms with van der Waals surface area (Å²) in [6, 6.07) is 16.2. The second kappa shape index (κ2) is 9.34. The highest BCUT2D eigenvalue weighted by Crippen LogP contribution is 2.24. The van der Waals surface area contributed by atoms with Gasteiger partial charge in [0.15, 0.2) is 0 Å². The molecule has 0 aromatic heterocycles. The molecule has 1 fully saturated rings. The van der Waals surface area contributed by atoms with Crippen molar-refractivity contribution < 1.29 is 13.2 Å². The number of hydrogen-bond acceptors (Lipinski definition) is 3. The predicted molar refractivity (Wildman–Crippen MR) is 112 cm³/mol. The van der Waals surface area contributed by atoms with Crippen LogP contribution in [0.4, 0.5) is 5.69 Å². The van der Waals surface area contributed by atoms with Crippen LogP contribution in [0.2, 0.25) is 0 Å². The van der Waals surface area contributed by atoms with E-state index in [9.17, 15) is 13.2 Å². The summed E-state index contributed by atoms with van der Waals surface area (Å²) in [5, 5.41) is 2.91. The van der Waals surface area contributed by atoms with E-state index in [0.29, 0.717) is 25.2 Å². The fourth-order valence-electron chi connectivity index (χ4n) is 3.63. The molecular weight excluding hydrogens is 372 g/mol. The van der Waals surface area contributed by atoms with E-state index in [0.717, 1.165) is 31.2 Å². The molecule has 1 heterocycles. The van der Waals surface area contributed by atoms with Crippen LogP contribution < -0.4 is 5.32 Å². The van der Waals surface area contributed by atoms with Crippen molar-refractivity contribution >= 4 is 21.6 Å². The van der Waals surface area contributed by atoms with Crippen LogP contribution in [0.15, 0.2) is 59.5 Å². The van der Waals surface area contributed by atoms with Crippen molar-refractivity contribution in [2.75, 3.05) is 18.4 Å². The van der Waals surface area contributed by atoms with Crippen molar-refractivity contribution in [1.82, 2.24) is 4.31 Å². The van der Waals surface area contributed by atoms with E-state index in [1.807, 2.05) is 37.3 Å². The Morgan fingerprint density at radius 2 is 1.57 bits per heavy atom. The molecular formula is C22H28N2O3S. The first kappa shape index (κ1) is 20.6. The zero-order valence-electron chi connectivity index (χ0n) is 16.3. The van der Waals surface area contributed by atoms with Crippen LogP contribution >= 0.6 is 0 Å². The lowest BCUT2D eigenvalue weighted by molar-refractivity contribution is -0.117. The van der Waals surface area contributed by atoms with Gasteiger partial charge in [0.2, 0.25) is 15.9 Å². The first-order valence-electron chi connectivity index (χ1n) is 9.98. The molecule has 0 spiro atoms. The molecule has 0 radical (unpaired) electrons. The SMILES string of the molecule is CCC(C(=O)Nc1ccc(S(=O)(=O)N2CCCCCC2)cc1)c1ccccc1. The summed E-state index contributed by atoms with van der Waals surface area (Å²) in [5.41, 5.74) is 1.58. The summed E-state index contributed by atoms with van der Waals surface area (Å²) in [7, 11) is -3.47. The number of carbonyl (C=O) groups is 1. The van der Waals surface area contributed by atoms with Crippen LogP contribution in [0.25, 0.3) is 0 Å². The number of carbonyl (C=O) groups excluding carboxylic acids is 1. The first-order valence-corrected chi connectivity index (χ1v) is 11.4. The number of nitrogens with zero attached hydrogens (tertiary/aromatic N) is 1. The Hall–Kier alpha value is -2.18. The zero-order valence-corrected chi connectivity index (χ0v) is 17.1. The molecule has 1 unspecified atom stereocenters. The third-order valence-electron chi connectivity index (χ3n) is 5.25. The molecule has 2 aromatic carbocycles. The number of anilines is 1. The van der Waals surface area contributed by atoms with E-state index in [4.69, 9.17) is 0 Å². The molecule has 1 aliphatic heterocycles. The fraction of sp³-hybridized carbons (Fsp3) is 0.409. The zero-order chi connectivity index (χ0) is 20.0. The quantitative estimate of drug-likeness (QED) is 0.782. The molecule has 1 atom stereocenters. The van der Waals surface area contributed by atoms with Gasteiger partial charge in [0.05, 0.1) is 10.8 Å². The molecule has 28 heavy (non-hydrogen) atoms. The molecule has 5 nitrogen and oxygen atoms in total. The van der Waals surface area contributed by atoms with Gasteiger partial charge in [-0.2, -0.15) is 4.31 Å². The van der Waals surface area contributed by atoms with Crippen LogP contribution in [-0.4, -0.2) is 31.7 Å². The summed E-state index contributed by atoms with van der Waals surface area (Å²) >= 11 is 0. The van der Waals surface area contributed by atoms with Gasteiger partial charge in [-0.25, -0.2) is 8.42 Å². The topological polar surface area (TPSA) is 66.5 Å². The number of nitrogens with one attached hydrogen (secondary N) is 1. The van der Waals surface area contributed by atoms with Gasteiger partial charge in [-0.15, -0.1) is 0 Å². The Balaban J connectivity index is 1.71. The van der Waals surface area contributed by atoms with Gasteiger partial charge in [0.1, 0.15) is 0 Å². The lowest BCUT2D eigenvalue weighted by Gasteiger charge is -2.20. The highest BCUT2D eigenvalue weighted by molar-refractivity contribution is 7.89. The maximum absolute atomic E-state index is 12.9. The van der Waals surface area contributed by atoms with Crippen LogP contribution in [-0.2, 0) is 14.8 Å². The highest BCUT2D eigenvalue weighted by Gasteiger charge is 2.25. The number of benzene rings is 2. The number of hydrogen-bond donors (Lipinski definition) is 1. The van der Waals surface area contributed by atoms with E-state index in [-0.39, 0.29) is 16.7 Å². The van der Waals surface area contributed by atoms with Crippen LogP contribution in [0.1, 0.15) is 50.5 Å². The molecule has 1 saturated heterocycles. The van der Waals surface area contributed by atoms with Crippen molar-refractivity contribution in [3.63, 3.8) is 0 Å². The van der Waals surface area contributed by atoms with Crippen molar-refractivity contribution in [3.05, 3.63) is 60.2 Å². The third kappa shape index (κ3) is 4.80. The maximum atomic E-state index is 12.9. The van der Waals surface area contributed by atoms with Gasteiger partial charge in [-0.05, 0) is 49.1 Å². The largest absolute Gasteiger partial charge is 0.326 e. The number of rotatable bonds is 6. The van der Waals surface area contributed by atoms with E-state index in [2.05, 4.69) is 5.32 Å². The molecule has 0 aliphatic carbocycles. The van der Waals surface area contributed by atoms with Crippen molar-refractivity contribution in [1.29, 1.82) is 0 Å². The Labute approximate surface area is 167 Å². The Morgan fingerprint density at radius 3 is 2.14 bits per heavy atom. The maximum Gasteiger partial charge on any atom is 0.243 e. The Morgan fingerprint density at radius 1 is 0.964 bits per heavy atom. The third-order valence-corrected chi connectivity index (χ3v) is 7.16. The molecule has 1 N–H and O–H groups in total. The minimum Gasteiger partial charge on any atom is -0.326 e. The molecule has 1 aliphatic rings. The fourth-order valence-corrected chi connectivity index (χ4v) is 5.15. The number of sulfonamides is 1. The highest BCUT2D eigenvalue weighted by atomic mass is 32.2. The van der Waals surface area contributed by atoms with Gasteiger partial charge in [-0.1, -0.05) is 50.1 Å². The summed E-state index contributed by atoms with van der Waals surface area (Å²) in [6.45, 7) is 3.14. The van der Waals surface area contributed by atoms with Gasteiger partial charge in [0.25, 0.3) is 0 Å². The first-order chi connectivity index (χ1) is 13.5. The Bertz CT molecular complexity index is 872. The lowest BCUT2D eigenvalue weighted by atomic mass is 9.95. The average molecular weight is 401 g/mol. The summed E-state index contributed by atoms with van der Waals surface area (Å²) < 4.78 is 27.3. The van der Waals surface area contributed by atoms with E-state index >= 15 is 0 Å².